The van der Waals surface area contributed by atoms with Crippen LogP contribution in [-0.4, -0.2) is 62.6 Å². The number of aliphatic carboxylic acids is 1. The van der Waals surface area contributed by atoms with Gasteiger partial charge in [0, 0.05) is 4.75 Å². The molecule has 0 spiro atoms. The number of nitrogens with one attached hydrogen (secondary N) is 1. The van der Waals surface area contributed by atoms with E-state index in [1.54, 1.807) is 38.1 Å². The molecule has 0 saturated carbocycles. The van der Waals surface area contributed by atoms with Crippen LogP contribution in [0.3, 0.4) is 0 Å². The van der Waals surface area contributed by atoms with Crippen LogP contribution in [0.5, 0.6) is 0 Å². The summed E-state index contributed by atoms with van der Waals surface area (Å²) in [4.78, 5) is 50.7. The van der Waals surface area contributed by atoms with E-state index in [1.165, 1.54) is 11.8 Å². The number of thioether (sulfide) groups is 1. The first kappa shape index (κ1) is 19.2. The van der Waals surface area contributed by atoms with Gasteiger partial charge in [0.1, 0.15) is 11.4 Å². The van der Waals surface area contributed by atoms with E-state index in [-0.39, 0.29) is 6.42 Å². The molecule has 0 radical (unpaired) electrons. The lowest BCUT2D eigenvalue weighted by molar-refractivity contribution is -0.180. The fourth-order valence-electron chi connectivity index (χ4n) is 3.62. The van der Waals surface area contributed by atoms with E-state index >= 15 is 0 Å². The Morgan fingerprint density at radius 1 is 1.26 bits per heavy atom. The first-order chi connectivity index (χ1) is 12.6. The van der Waals surface area contributed by atoms with Gasteiger partial charge in [0.2, 0.25) is 11.4 Å². The normalized spacial score (nSPS) is 28.1. The number of hydrogen-bond acceptors (Lipinski definition) is 6. The number of esters is 1. The maximum absolute atomic E-state index is 12.9. The quantitative estimate of drug-likeness (QED) is 0.424. The summed E-state index contributed by atoms with van der Waals surface area (Å²) >= 11 is 1.17. The average Bonchev–Trinajstić information content (AvgIpc) is 2.88. The van der Waals surface area contributed by atoms with Crippen LogP contribution in [0.2, 0.25) is 0 Å². The number of carboxylic acids is 1. The summed E-state index contributed by atoms with van der Waals surface area (Å²) in [5, 5.41) is 11.2. The maximum atomic E-state index is 12.9. The highest BCUT2D eigenvalue weighted by molar-refractivity contribution is 8.01. The molecule has 2 amide bonds. The molecule has 0 aliphatic carbocycles. The highest BCUT2D eigenvalue weighted by Crippen LogP contribution is 2.55. The fourth-order valence-corrected chi connectivity index (χ4v) is 5.30. The summed E-state index contributed by atoms with van der Waals surface area (Å²) in [5.41, 5.74) is -1.19. The van der Waals surface area contributed by atoms with Gasteiger partial charge in [-0.3, -0.25) is 9.59 Å². The minimum atomic E-state index is -1.91. The van der Waals surface area contributed by atoms with Crippen LogP contribution in [0, 0.1) is 0 Å². The van der Waals surface area contributed by atoms with E-state index in [0.717, 1.165) is 17.6 Å². The van der Waals surface area contributed by atoms with Crippen molar-refractivity contribution in [3.63, 3.8) is 0 Å². The average molecular weight is 392 g/mol. The highest BCUT2D eigenvalue weighted by Gasteiger charge is 2.76. The number of carbonyl (C=O) groups is 4. The predicted molar refractivity (Wildman–Crippen MR) is 96.8 cm³/mol. The van der Waals surface area contributed by atoms with E-state index in [4.69, 9.17) is 4.74 Å². The van der Waals surface area contributed by atoms with E-state index in [0.29, 0.717) is 0 Å². The molecule has 2 aliphatic rings. The van der Waals surface area contributed by atoms with E-state index < -0.39 is 45.5 Å². The molecule has 2 fully saturated rings. The van der Waals surface area contributed by atoms with Crippen molar-refractivity contribution < 1.29 is 29.0 Å². The third kappa shape index (κ3) is 2.86. The Morgan fingerprint density at radius 3 is 2.44 bits per heavy atom. The second-order valence-electron chi connectivity index (χ2n) is 7.04. The van der Waals surface area contributed by atoms with Gasteiger partial charge in [-0.2, -0.15) is 0 Å². The molecule has 1 aromatic carbocycles. The SMILES string of the molecule is COC(=O)[C@]1(NC(=O)Cc2ccccc2)C(=O)N2[C@@H](C(=O)O)C(C)(C)S[C@@H]21. The lowest BCUT2D eigenvalue weighted by Crippen LogP contribution is -2.82. The van der Waals surface area contributed by atoms with Gasteiger partial charge in [-0.15, -0.1) is 11.8 Å². The number of rotatable bonds is 5. The Hall–Kier alpha value is -2.55. The van der Waals surface area contributed by atoms with Gasteiger partial charge in [0.05, 0.1) is 13.5 Å². The lowest BCUT2D eigenvalue weighted by Gasteiger charge is -2.50. The van der Waals surface area contributed by atoms with Crippen LogP contribution >= 0.6 is 11.8 Å². The molecule has 27 heavy (non-hydrogen) atoms. The summed E-state index contributed by atoms with van der Waals surface area (Å²) in [6.07, 6.45) is -0.0179. The number of β-lactam (4-membered cyclic amide) rings is 1. The van der Waals surface area contributed by atoms with Crippen LogP contribution in [0.4, 0.5) is 0 Å². The summed E-state index contributed by atoms with van der Waals surface area (Å²) in [7, 11) is 1.13. The molecular weight excluding hydrogens is 372 g/mol. The molecule has 2 saturated heterocycles. The molecule has 2 N–H and O–H groups in total. The van der Waals surface area contributed by atoms with Crippen LogP contribution < -0.4 is 5.32 Å². The molecule has 0 aromatic heterocycles. The number of methoxy groups -OCH3 is 1. The van der Waals surface area contributed by atoms with Gasteiger partial charge in [-0.1, -0.05) is 30.3 Å². The summed E-state index contributed by atoms with van der Waals surface area (Å²) in [6, 6.07) is 7.79. The molecule has 1 aromatic rings. The maximum Gasteiger partial charge on any atom is 0.344 e. The Morgan fingerprint density at radius 2 is 1.89 bits per heavy atom. The molecule has 3 atom stereocenters. The summed E-state index contributed by atoms with van der Waals surface area (Å²) in [5.74, 6) is -3.33. The largest absolute Gasteiger partial charge is 0.480 e. The van der Waals surface area contributed by atoms with Gasteiger partial charge < -0.3 is 20.1 Å². The second kappa shape index (κ2) is 6.56. The fraction of sp³-hybridized carbons (Fsp3) is 0.444. The van der Waals surface area contributed by atoms with Crippen molar-refractivity contribution in [1.82, 2.24) is 10.2 Å². The van der Waals surface area contributed by atoms with Crippen molar-refractivity contribution in [2.75, 3.05) is 7.11 Å². The number of amides is 2. The Kier molecular flexibility index (Phi) is 4.67. The van der Waals surface area contributed by atoms with Gasteiger partial charge in [0.25, 0.3) is 5.91 Å². The van der Waals surface area contributed by atoms with Crippen molar-refractivity contribution in [2.45, 2.75) is 42.0 Å². The van der Waals surface area contributed by atoms with Crippen molar-refractivity contribution in [3.05, 3.63) is 35.9 Å². The van der Waals surface area contributed by atoms with Crippen molar-refractivity contribution in [2.24, 2.45) is 0 Å². The number of nitrogens with zero attached hydrogens (tertiary/aromatic N) is 1. The van der Waals surface area contributed by atoms with E-state index in [9.17, 15) is 24.3 Å². The third-order valence-electron chi connectivity index (χ3n) is 4.83. The van der Waals surface area contributed by atoms with E-state index in [2.05, 4.69) is 5.32 Å². The second-order valence-corrected chi connectivity index (χ2v) is 8.77. The first-order valence-corrected chi connectivity index (χ1v) is 9.20. The zero-order valence-electron chi connectivity index (χ0n) is 15.1. The first-order valence-electron chi connectivity index (χ1n) is 8.32. The molecule has 8 nitrogen and oxygen atoms in total. The summed E-state index contributed by atoms with van der Waals surface area (Å²) in [6.45, 7) is 3.38. The Labute approximate surface area is 160 Å². The topological polar surface area (TPSA) is 113 Å². The predicted octanol–water partition coefficient (Wildman–Crippen LogP) is 0.404. The minimum absolute atomic E-state index is 0.0179. The molecule has 9 heteroatoms. The molecule has 2 aliphatic heterocycles. The number of carbonyl (C=O) groups excluding carboxylic acids is 3. The zero-order chi connectivity index (χ0) is 20.0. The van der Waals surface area contributed by atoms with Crippen molar-refractivity contribution >= 4 is 35.5 Å². The summed E-state index contributed by atoms with van der Waals surface area (Å²) < 4.78 is 3.96. The Balaban J connectivity index is 1.89. The van der Waals surface area contributed by atoms with Crippen molar-refractivity contribution in [3.8, 4) is 0 Å². The van der Waals surface area contributed by atoms with Crippen LogP contribution in [0.1, 0.15) is 19.4 Å². The minimum Gasteiger partial charge on any atom is -0.480 e. The third-order valence-corrected chi connectivity index (χ3v) is 6.47. The van der Waals surface area contributed by atoms with Gasteiger partial charge in [-0.05, 0) is 19.4 Å². The molecule has 144 valence electrons. The smallest absolute Gasteiger partial charge is 0.344 e. The monoisotopic (exact) mass is 392 g/mol. The number of carboxylic acid groups (broad SMARTS) is 1. The Bertz CT molecular complexity index is 811. The number of ether oxygens (including phenoxy) is 1. The molecule has 0 unspecified atom stereocenters. The van der Waals surface area contributed by atoms with Crippen molar-refractivity contribution in [1.29, 1.82) is 0 Å². The van der Waals surface area contributed by atoms with Gasteiger partial charge >= 0.3 is 11.9 Å². The highest BCUT2D eigenvalue weighted by atomic mass is 32.2. The number of hydrogen-bond donors (Lipinski definition) is 2. The van der Waals surface area contributed by atoms with E-state index in [1.807, 2.05) is 6.07 Å². The molecular formula is C18H20N2O6S. The molecule has 2 heterocycles. The van der Waals surface area contributed by atoms with Gasteiger partial charge in [0.15, 0.2) is 0 Å². The number of fused-ring (bicyclic) bond motifs is 1. The molecule has 0 bridgehead atoms. The number of benzene rings is 1. The molecule has 3 rings (SSSR count). The van der Waals surface area contributed by atoms with Crippen LogP contribution in [0.15, 0.2) is 30.3 Å². The van der Waals surface area contributed by atoms with Gasteiger partial charge in [-0.25, -0.2) is 9.59 Å². The van der Waals surface area contributed by atoms with Crippen LogP contribution in [-0.2, 0) is 30.3 Å². The zero-order valence-corrected chi connectivity index (χ0v) is 15.9. The lowest BCUT2D eigenvalue weighted by atomic mass is 9.84. The van der Waals surface area contributed by atoms with Crippen LogP contribution in [0.25, 0.3) is 0 Å². The standard InChI is InChI=1S/C18H20N2O6S/c1-17(2)12(13(22)23)20-14(24)18(15(20)27-17,16(25)26-3)19-11(21)9-10-7-5-4-6-8-10/h4-8,12,15H,9H2,1-3H3,(H,19,21)(H,22,23)/t12-,15+,18-/m0/s1.